The van der Waals surface area contributed by atoms with Crippen molar-refractivity contribution in [2.75, 3.05) is 13.2 Å². The summed E-state index contributed by atoms with van der Waals surface area (Å²) in [5.41, 5.74) is -2.15. The van der Waals surface area contributed by atoms with Gasteiger partial charge in [0.25, 0.3) is 0 Å². The van der Waals surface area contributed by atoms with Crippen molar-refractivity contribution in [2.24, 2.45) is 51.8 Å². The minimum atomic E-state index is -1.57. The Morgan fingerprint density at radius 3 is 2.43 bits per heavy atom. The predicted molar refractivity (Wildman–Crippen MR) is 202 cm³/mol. The second-order valence-electron chi connectivity index (χ2n) is 20.6. The van der Waals surface area contributed by atoms with Crippen LogP contribution in [0.1, 0.15) is 118 Å². The zero-order valence-corrected chi connectivity index (χ0v) is 34.3. The molecule has 4 saturated carbocycles. The Labute approximate surface area is 331 Å². The van der Waals surface area contributed by atoms with E-state index in [4.69, 9.17) is 33.2 Å². The number of aliphatic hydroxyl groups is 2. The molecule has 8 fully saturated rings. The number of hydrogen-bond acceptors (Lipinski definition) is 11. The van der Waals surface area contributed by atoms with Gasteiger partial charge < -0.3 is 43.4 Å². The summed E-state index contributed by atoms with van der Waals surface area (Å²) in [6.07, 6.45) is 0.412. The van der Waals surface area contributed by atoms with Crippen molar-refractivity contribution in [1.29, 1.82) is 0 Å². The largest absolute Gasteiger partial charge is 0.456 e. The van der Waals surface area contributed by atoms with E-state index in [1.165, 1.54) is 0 Å². The summed E-state index contributed by atoms with van der Waals surface area (Å²) in [6.45, 7) is 15.4. The second kappa shape index (κ2) is 13.8. The molecule has 5 unspecified atom stereocenters. The Bertz CT molecular complexity index is 1650. The molecule has 0 aromatic heterocycles. The fourth-order valence-electron chi connectivity index (χ4n) is 13.2. The molecular formula is C45H64O11. The average Bonchev–Trinajstić information content (AvgIpc) is 3.61. The highest BCUT2D eigenvalue weighted by Crippen LogP contribution is 2.71. The molecule has 8 aliphatic rings. The summed E-state index contributed by atoms with van der Waals surface area (Å²) < 4.78 is 44.7. The average molecular weight is 781 g/mol. The van der Waals surface area contributed by atoms with Gasteiger partial charge in [0.1, 0.15) is 23.9 Å². The van der Waals surface area contributed by atoms with E-state index in [-0.39, 0.29) is 42.2 Å². The highest BCUT2D eigenvalue weighted by molar-refractivity contribution is 5.89. The van der Waals surface area contributed by atoms with Crippen molar-refractivity contribution in [3.8, 4) is 0 Å². The molecule has 0 bridgehead atoms. The van der Waals surface area contributed by atoms with E-state index >= 15 is 0 Å². The maximum atomic E-state index is 14.5. The van der Waals surface area contributed by atoms with Crippen LogP contribution < -0.4 is 0 Å². The molecule has 1 aromatic rings. The SMILES string of the molecule is CC1CC[C@@]2(OC1)O[C@H]1CC3C4CC(=O)[C@@]5(O)C[C@@H](O[C@@H]6O[C@@H]7COC(c8ccccc8)O[C@H]7[C@H](OC(=O)C(C)(C)C)[C@H]6O)CC[C@]5(C)C4CC[C@]3(C)[C@H]1[C@@H]2C. The van der Waals surface area contributed by atoms with Crippen molar-refractivity contribution in [2.45, 2.75) is 167 Å². The Hall–Kier alpha value is -1.96. The number of esters is 1. The topological polar surface area (TPSA) is 139 Å². The fourth-order valence-corrected chi connectivity index (χ4v) is 13.2. The summed E-state index contributed by atoms with van der Waals surface area (Å²) in [6, 6.07) is 9.48. The minimum absolute atomic E-state index is 0.0561. The maximum Gasteiger partial charge on any atom is 0.311 e. The third kappa shape index (κ3) is 6.02. The van der Waals surface area contributed by atoms with Crippen molar-refractivity contribution < 1.29 is 53.0 Å². The highest BCUT2D eigenvalue weighted by Gasteiger charge is 2.72. The van der Waals surface area contributed by atoms with Crippen molar-refractivity contribution in [3.63, 3.8) is 0 Å². The molecule has 4 heterocycles. The first-order chi connectivity index (χ1) is 26.5. The van der Waals surface area contributed by atoms with Gasteiger partial charge in [0, 0.05) is 36.2 Å². The summed E-state index contributed by atoms with van der Waals surface area (Å²) in [5, 5.41) is 24.4. The Morgan fingerprint density at radius 1 is 0.946 bits per heavy atom. The van der Waals surface area contributed by atoms with Crippen LogP contribution in [0.15, 0.2) is 30.3 Å². The zero-order chi connectivity index (χ0) is 39.6. The lowest BCUT2D eigenvalue weighted by Gasteiger charge is -2.63. The minimum Gasteiger partial charge on any atom is -0.456 e. The molecule has 1 spiro atoms. The molecule has 9 rings (SSSR count). The molecule has 18 atom stereocenters. The van der Waals surface area contributed by atoms with E-state index in [9.17, 15) is 19.8 Å². The summed E-state index contributed by atoms with van der Waals surface area (Å²) in [7, 11) is 0. The molecule has 2 N–H and O–H groups in total. The zero-order valence-electron chi connectivity index (χ0n) is 34.3. The first kappa shape index (κ1) is 39.5. The molecular weight excluding hydrogens is 716 g/mol. The number of rotatable bonds is 4. The fraction of sp³-hybridized carbons (Fsp3) is 0.822. The van der Waals surface area contributed by atoms with Gasteiger partial charge in [-0.05, 0) is 94.3 Å². The molecule has 0 radical (unpaired) electrons. The van der Waals surface area contributed by atoms with E-state index in [0.29, 0.717) is 42.9 Å². The number of aliphatic hydroxyl groups excluding tert-OH is 1. The highest BCUT2D eigenvalue weighted by atomic mass is 16.8. The molecule has 1 aromatic carbocycles. The number of ether oxygens (including phenoxy) is 7. The van der Waals surface area contributed by atoms with Crippen LogP contribution in [0.4, 0.5) is 0 Å². The van der Waals surface area contributed by atoms with Gasteiger partial charge >= 0.3 is 5.97 Å². The van der Waals surface area contributed by atoms with Crippen LogP contribution in [0.3, 0.4) is 0 Å². The third-order valence-corrected chi connectivity index (χ3v) is 16.4. The molecule has 310 valence electrons. The van der Waals surface area contributed by atoms with Crippen LogP contribution >= 0.6 is 0 Å². The normalized spacial score (nSPS) is 51.3. The Kier molecular flexibility index (Phi) is 9.73. The predicted octanol–water partition coefficient (Wildman–Crippen LogP) is 6.27. The second-order valence-corrected chi connectivity index (χ2v) is 20.6. The van der Waals surface area contributed by atoms with Crippen molar-refractivity contribution in [1.82, 2.24) is 0 Å². The molecule has 4 saturated heterocycles. The van der Waals surface area contributed by atoms with Crippen molar-refractivity contribution >= 4 is 11.8 Å². The van der Waals surface area contributed by atoms with E-state index in [0.717, 1.165) is 44.3 Å². The number of hydrogen-bond donors (Lipinski definition) is 2. The molecule has 56 heavy (non-hydrogen) atoms. The van der Waals surface area contributed by atoms with Crippen LogP contribution in [-0.2, 0) is 42.7 Å². The van der Waals surface area contributed by atoms with Gasteiger partial charge in [0.2, 0.25) is 0 Å². The van der Waals surface area contributed by atoms with Crippen LogP contribution in [0.25, 0.3) is 0 Å². The van der Waals surface area contributed by atoms with E-state index in [2.05, 4.69) is 27.7 Å². The molecule has 4 aliphatic carbocycles. The van der Waals surface area contributed by atoms with Gasteiger partial charge in [-0.25, -0.2) is 0 Å². The molecule has 4 aliphatic heterocycles. The van der Waals surface area contributed by atoms with Gasteiger partial charge in [-0.15, -0.1) is 0 Å². The van der Waals surface area contributed by atoms with E-state index < -0.39 is 71.3 Å². The molecule has 11 heteroatoms. The first-order valence-electron chi connectivity index (χ1n) is 21.6. The molecule has 11 nitrogen and oxygen atoms in total. The standard InChI is InChI=1S/C45H64O11/c1-24-13-18-45(51-22-24)25(2)34-31(56-45)20-30-28-19-33(46)44(49)21-27(14-17-43(44,7)29(28)15-16-42(30,34)6)52-39-35(47)37(55-40(48)41(3,4)5)36-32(53-39)23-50-38(54-36)26-11-9-8-10-12-26/h8-12,24-25,27-32,34-39,47,49H,13-23H2,1-7H3/t24?,25-,27-,28?,29?,30?,31-,32+,34-,35+,36+,37+,38?,39+,42-,43+,44-,45+/m0/s1. The van der Waals surface area contributed by atoms with Gasteiger partial charge in [-0.3, -0.25) is 9.59 Å². The number of ketones is 1. The van der Waals surface area contributed by atoms with E-state index in [1.54, 1.807) is 20.8 Å². The van der Waals surface area contributed by atoms with Crippen LogP contribution in [0.2, 0.25) is 0 Å². The number of Topliss-reactive ketones (excluding diaryl/α,β-unsaturated/α-hetero) is 1. The number of carbonyl (C=O) groups excluding carboxylic acids is 2. The monoisotopic (exact) mass is 780 g/mol. The lowest BCUT2D eigenvalue weighted by atomic mass is 9.42. The lowest BCUT2D eigenvalue weighted by molar-refractivity contribution is -0.370. The summed E-state index contributed by atoms with van der Waals surface area (Å²) >= 11 is 0. The third-order valence-electron chi connectivity index (χ3n) is 16.4. The Balaban J connectivity index is 0.904. The van der Waals surface area contributed by atoms with E-state index in [1.807, 2.05) is 30.3 Å². The lowest BCUT2D eigenvalue weighted by Crippen LogP contribution is -2.68. The van der Waals surface area contributed by atoms with Crippen LogP contribution in [-0.4, -0.2) is 89.5 Å². The van der Waals surface area contributed by atoms with Crippen molar-refractivity contribution in [3.05, 3.63) is 35.9 Å². The van der Waals surface area contributed by atoms with Crippen LogP contribution in [0, 0.1) is 51.8 Å². The summed E-state index contributed by atoms with van der Waals surface area (Å²) in [4.78, 5) is 27.7. The van der Waals surface area contributed by atoms with Gasteiger partial charge in [-0.2, -0.15) is 0 Å². The summed E-state index contributed by atoms with van der Waals surface area (Å²) in [5.74, 6) is 0.931. The first-order valence-corrected chi connectivity index (χ1v) is 21.6. The number of carbonyl (C=O) groups is 2. The smallest absolute Gasteiger partial charge is 0.311 e. The van der Waals surface area contributed by atoms with Crippen LogP contribution in [0.5, 0.6) is 0 Å². The number of benzene rings is 1. The van der Waals surface area contributed by atoms with Gasteiger partial charge in [0.15, 0.2) is 30.3 Å². The quantitative estimate of drug-likeness (QED) is 0.264. The van der Waals surface area contributed by atoms with Gasteiger partial charge in [0.05, 0.1) is 30.8 Å². The Morgan fingerprint density at radius 2 is 1.71 bits per heavy atom. The maximum absolute atomic E-state index is 14.5. The molecule has 0 amide bonds. The van der Waals surface area contributed by atoms with Gasteiger partial charge in [-0.1, -0.05) is 58.0 Å². The number of fused-ring (bicyclic) bond motifs is 8.